The molecule has 0 aliphatic carbocycles. The molecule has 2 heterocycles. The Labute approximate surface area is 187 Å². The van der Waals surface area contributed by atoms with Gasteiger partial charge in [0.05, 0.1) is 25.0 Å². The quantitative estimate of drug-likeness (QED) is 0.625. The van der Waals surface area contributed by atoms with Gasteiger partial charge in [-0.1, -0.05) is 31.5 Å². The van der Waals surface area contributed by atoms with Crippen LogP contribution in [0.3, 0.4) is 0 Å². The fraction of sp³-hybridized carbons (Fsp3) is 0.318. The molecule has 0 radical (unpaired) electrons. The monoisotopic (exact) mass is 467 g/mol. The van der Waals surface area contributed by atoms with Crippen molar-refractivity contribution in [2.45, 2.75) is 32.4 Å². The van der Waals surface area contributed by atoms with Crippen LogP contribution in [0.4, 0.5) is 13.2 Å². The lowest BCUT2D eigenvalue weighted by molar-refractivity contribution is -0.136. The fourth-order valence-corrected chi connectivity index (χ4v) is 3.48. The molecule has 2 atom stereocenters. The van der Waals surface area contributed by atoms with Gasteiger partial charge in [0.25, 0.3) is 0 Å². The van der Waals surface area contributed by atoms with Gasteiger partial charge in [-0.2, -0.15) is 0 Å². The minimum Gasteiger partial charge on any atom is -0.466 e. The number of methoxy groups -OCH3 is 1. The average molecular weight is 468 g/mol. The Balaban J connectivity index is 2.22. The first-order chi connectivity index (χ1) is 15.1. The molecule has 32 heavy (non-hydrogen) atoms. The summed E-state index contributed by atoms with van der Waals surface area (Å²) >= 11 is 6.23. The Morgan fingerprint density at radius 1 is 1.25 bits per heavy atom. The molecule has 170 valence electrons. The molecule has 1 aliphatic heterocycles. The Morgan fingerprint density at radius 3 is 2.56 bits per heavy atom. The zero-order valence-corrected chi connectivity index (χ0v) is 18.3. The maximum absolute atomic E-state index is 14.5. The molecule has 0 amide bonds. The first-order valence-electron chi connectivity index (χ1n) is 9.73. The summed E-state index contributed by atoms with van der Waals surface area (Å²) in [4.78, 5) is 20.9. The zero-order chi connectivity index (χ0) is 23.6. The van der Waals surface area contributed by atoms with Gasteiger partial charge in [-0.05, 0) is 18.1 Å². The number of aliphatic hydroxyl groups is 1. The molecule has 3 rings (SSSR count). The molecule has 2 unspecified atom stereocenters. The van der Waals surface area contributed by atoms with Gasteiger partial charge in [0.15, 0.2) is 11.7 Å². The highest BCUT2D eigenvalue weighted by Gasteiger charge is 2.35. The van der Waals surface area contributed by atoms with E-state index >= 15 is 0 Å². The highest BCUT2D eigenvalue weighted by atomic mass is 35.5. The van der Waals surface area contributed by atoms with Crippen molar-refractivity contribution in [3.63, 3.8) is 0 Å². The molecular weight excluding hydrogens is 447 g/mol. The van der Waals surface area contributed by atoms with Gasteiger partial charge in [0.2, 0.25) is 0 Å². The molecule has 2 N–H and O–H groups in total. The van der Waals surface area contributed by atoms with Crippen molar-refractivity contribution < 1.29 is 27.8 Å². The molecule has 1 aromatic heterocycles. The van der Waals surface area contributed by atoms with Crippen LogP contribution in [-0.2, 0) is 9.53 Å². The summed E-state index contributed by atoms with van der Waals surface area (Å²) in [6.07, 6.45) is -0.0731. The predicted molar refractivity (Wildman–Crippen MR) is 112 cm³/mol. The normalized spacial score (nSPS) is 17.2. The third kappa shape index (κ3) is 4.94. The number of aromatic nitrogens is 1. The van der Waals surface area contributed by atoms with Crippen LogP contribution in [0.5, 0.6) is 0 Å². The summed E-state index contributed by atoms with van der Waals surface area (Å²) in [6, 6.07) is 3.08. The molecule has 0 fully saturated rings. The number of ether oxygens (including phenoxy) is 1. The lowest BCUT2D eigenvalue weighted by Crippen LogP contribution is -2.36. The van der Waals surface area contributed by atoms with Crippen LogP contribution in [0, 0.1) is 23.4 Å². The SMILES string of the molecule is COC(=O)C1=C(CC(O)C(C)C)NC(c2ncc(F)cc2F)=NC1c1ccc(F)cc1Cl. The van der Waals surface area contributed by atoms with Gasteiger partial charge in [-0.15, -0.1) is 0 Å². The maximum atomic E-state index is 14.5. The predicted octanol–water partition coefficient (Wildman–Crippen LogP) is 4.08. The summed E-state index contributed by atoms with van der Waals surface area (Å²) in [5.41, 5.74) is 0.188. The summed E-state index contributed by atoms with van der Waals surface area (Å²) in [6.45, 7) is 3.58. The van der Waals surface area contributed by atoms with E-state index in [1.807, 2.05) is 0 Å². The number of hydrogen-bond donors (Lipinski definition) is 2. The molecule has 2 aromatic rings. The Bertz CT molecular complexity index is 1110. The third-order valence-corrected chi connectivity index (χ3v) is 5.33. The van der Waals surface area contributed by atoms with Crippen LogP contribution >= 0.6 is 11.6 Å². The molecule has 0 saturated carbocycles. The second kappa shape index (κ2) is 9.70. The lowest BCUT2D eigenvalue weighted by atomic mass is 9.91. The Kier molecular flexibility index (Phi) is 7.20. The topological polar surface area (TPSA) is 83.8 Å². The largest absolute Gasteiger partial charge is 0.466 e. The summed E-state index contributed by atoms with van der Waals surface area (Å²) in [5, 5.41) is 13.3. The third-order valence-electron chi connectivity index (χ3n) is 5.00. The number of pyridine rings is 1. The number of aliphatic hydroxyl groups excluding tert-OH is 1. The number of nitrogens with zero attached hydrogens (tertiary/aromatic N) is 2. The molecule has 6 nitrogen and oxygen atoms in total. The number of benzene rings is 1. The van der Waals surface area contributed by atoms with E-state index < -0.39 is 35.6 Å². The van der Waals surface area contributed by atoms with Crippen LogP contribution in [0.1, 0.15) is 37.6 Å². The summed E-state index contributed by atoms with van der Waals surface area (Å²) < 4.78 is 46.4. The maximum Gasteiger partial charge on any atom is 0.338 e. The fourth-order valence-electron chi connectivity index (χ4n) is 3.21. The minimum absolute atomic E-state index is 0.0160. The lowest BCUT2D eigenvalue weighted by Gasteiger charge is -2.29. The first-order valence-corrected chi connectivity index (χ1v) is 10.1. The van der Waals surface area contributed by atoms with Crippen LogP contribution < -0.4 is 5.32 Å². The number of aliphatic imine (C=N–C) groups is 1. The van der Waals surface area contributed by atoms with E-state index in [-0.39, 0.29) is 45.7 Å². The number of halogens is 4. The van der Waals surface area contributed by atoms with E-state index in [9.17, 15) is 23.1 Å². The van der Waals surface area contributed by atoms with Gasteiger partial charge in [-0.3, -0.25) is 4.99 Å². The molecule has 1 aliphatic rings. The van der Waals surface area contributed by atoms with Crippen molar-refractivity contribution in [1.29, 1.82) is 0 Å². The number of esters is 1. The van der Waals surface area contributed by atoms with Crippen LogP contribution in [0.2, 0.25) is 5.02 Å². The smallest absolute Gasteiger partial charge is 0.338 e. The van der Waals surface area contributed by atoms with Crippen molar-refractivity contribution in [1.82, 2.24) is 10.3 Å². The van der Waals surface area contributed by atoms with E-state index in [2.05, 4.69) is 15.3 Å². The Morgan fingerprint density at radius 2 is 1.97 bits per heavy atom. The highest BCUT2D eigenvalue weighted by molar-refractivity contribution is 6.31. The first kappa shape index (κ1) is 23.7. The average Bonchev–Trinajstić information content (AvgIpc) is 2.72. The van der Waals surface area contributed by atoms with E-state index in [0.717, 1.165) is 18.3 Å². The van der Waals surface area contributed by atoms with Crippen molar-refractivity contribution in [2.75, 3.05) is 7.11 Å². The summed E-state index contributed by atoms with van der Waals surface area (Å²) in [5.74, 6) is -3.48. The number of carbonyl (C=O) groups is 1. The van der Waals surface area contributed by atoms with Gasteiger partial charge >= 0.3 is 5.97 Å². The molecule has 10 heteroatoms. The zero-order valence-electron chi connectivity index (χ0n) is 17.5. The van der Waals surface area contributed by atoms with E-state index in [4.69, 9.17) is 16.3 Å². The number of amidine groups is 1. The molecular formula is C22H21ClF3N3O3. The van der Waals surface area contributed by atoms with Crippen molar-refractivity contribution >= 4 is 23.4 Å². The number of nitrogens with one attached hydrogen (secondary N) is 1. The van der Waals surface area contributed by atoms with E-state index in [1.165, 1.54) is 13.2 Å². The van der Waals surface area contributed by atoms with E-state index in [0.29, 0.717) is 6.07 Å². The second-order valence-corrected chi connectivity index (χ2v) is 7.96. The van der Waals surface area contributed by atoms with Gasteiger partial charge in [-0.25, -0.2) is 22.9 Å². The molecule has 0 bridgehead atoms. The number of hydrogen-bond acceptors (Lipinski definition) is 6. The van der Waals surface area contributed by atoms with Crippen molar-refractivity contribution in [3.05, 3.63) is 75.5 Å². The summed E-state index contributed by atoms with van der Waals surface area (Å²) in [7, 11) is 1.18. The molecule has 0 saturated heterocycles. The van der Waals surface area contributed by atoms with Gasteiger partial charge in [0, 0.05) is 28.8 Å². The van der Waals surface area contributed by atoms with E-state index in [1.54, 1.807) is 13.8 Å². The van der Waals surface area contributed by atoms with Crippen LogP contribution in [0.15, 0.2) is 46.7 Å². The minimum atomic E-state index is -1.12. The highest BCUT2D eigenvalue weighted by Crippen LogP contribution is 2.37. The van der Waals surface area contributed by atoms with Gasteiger partial charge < -0.3 is 15.2 Å². The number of rotatable bonds is 6. The van der Waals surface area contributed by atoms with Crippen LogP contribution in [-0.4, -0.2) is 35.1 Å². The molecule has 0 spiro atoms. The van der Waals surface area contributed by atoms with Crippen LogP contribution in [0.25, 0.3) is 0 Å². The molecule has 1 aromatic carbocycles. The second-order valence-electron chi connectivity index (χ2n) is 7.55. The standard InChI is InChI=1S/C22H21ClF3N3O3/c1-10(2)17(30)8-16-18(22(31)32-3)19(13-5-4-11(24)6-14(13)23)29-21(28-16)20-15(26)7-12(25)9-27-20/h4-7,9-10,17,19,30H,8H2,1-3H3,(H,28,29). The van der Waals surface area contributed by atoms with Gasteiger partial charge in [0.1, 0.15) is 23.4 Å². The van der Waals surface area contributed by atoms with Crippen molar-refractivity contribution in [3.8, 4) is 0 Å². The number of carbonyl (C=O) groups excluding carboxylic acids is 1. The Hall–Kier alpha value is -2.91. The van der Waals surface area contributed by atoms with Crippen molar-refractivity contribution in [2.24, 2.45) is 10.9 Å².